The second-order valence-electron chi connectivity index (χ2n) is 6.22. The average Bonchev–Trinajstić information content (AvgIpc) is 3.23. The topological polar surface area (TPSA) is 114 Å². The van der Waals surface area contributed by atoms with Crippen molar-refractivity contribution in [1.29, 1.82) is 0 Å². The van der Waals surface area contributed by atoms with Gasteiger partial charge in [-0.05, 0) is 28.5 Å². The van der Waals surface area contributed by atoms with E-state index in [1.165, 1.54) is 4.90 Å². The predicted octanol–water partition coefficient (Wildman–Crippen LogP) is 0.914. The summed E-state index contributed by atoms with van der Waals surface area (Å²) in [7, 11) is 1.59. The van der Waals surface area contributed by atoms with Crippen LogP contribution in [0.5, 0.6) is 5.75 Å². The molecule has 28 heavy (non-hydrogen) atoms. The number of pyridine rings is 1. The minimum atomic E-state index is -0.717. The lowest BCUT2D eigenvalue weighted by molar-refractivity contribution is -0.143. The van der Waals surface area contributed by atoms with Gasteiger partial charge in [0.05, 0.1) is 24.7 Å². The fourth-order valence-electron chi connectivity index (χ4n) is 3.17. The number of hydrogen-bond donors (Lipinski definition) is 1. The normalized spacial score (nSPS) is 14.2. The summed E-state index contributed by atoms with van der Waals surface area (Å²) in [6.07, 6.45) is 3.35. The second kappa shape index (κ2) is 7.51. The zero-order valence-corrected chi connectivity index (χ0v) is 15.2. The fourth-order valence-corrected chi connectivity index (χ4v) is 3.17. The molecule has 4 rings (SSSR count). The quantitative estimate of drug-likeness (QED) is 0.665. The molecule has 0 atom stereocenters. The smallest absolute Gasteiger partial charge is 0.313 e. The Balaban J connectivity index is 1.40. The highest BCUT2D eigenvalue weighted by molar-refractivity contribution is 6.40. The SMILES string of the molecule is COc1cnccc1N1CCN(C(=O)C(=O)Nc2cccc3nonc23)CC1. The van der Waals surface area contributed by atoms with Crippen molar-refractivity contribution < 1.29 is 19.0 Å². The molecular weight excluding hydrogens is 364 g/mol. The number of rotatable bonds is 3. The van der Waals surface area contributed by atoms with E-state index in [1.54, 1.807) is 37.7 Å². The molecule has 0 bridgehead atoms. The second-order valence-corrected chi connectivity index (χ2v) is 6.22. The van der Waals surface area contributed by atoms with E-state index < -0.39 is 11.8 Å². The van der Waals surface area contributed by atoms with Gasteiger partial charge in [-0.1, -0.05) is 6.07 Å². The highest BCUT2D eigenvalue weighted by Gasteiger charge is 2.27. The van der Waals surface area contributed by atoms with Gasteiger partial charge in [0.15, 0.2) is 11.3 Å². The van der Waals surface area contributed by atoms with E-state index in [0.29, 0.717) is 48.6 Å². The fraction of sp³-hybridized carbons (Fsp3) is 0.278. The molecule has 3 heterocycles. The van der Waals surface area contributed by atoms with Crippen molar-refractivity contribution in [3.8, 4) is 5.75 Å². The number of ether oxygens (including phenoxy) is 1. The molecule has 3 aromatic rings. The van der Waals surface area contributed by atoms with E-state index in [1.807, 2.05) is 6.07 Å². The van der Waals surface area contributed by atoms with Crippen LogP contribution in [0.4, 0.5) is 11.4 Å². The van der Waals surface area contributed by atoms with Crippen molar-refractivity contribution in [2.45, 2.75) is 0 Å². The first-order valence-electron chi connectivity index (χ1n) is 8.72. The number of methoxy groups -OCH3 is 1. The molecule has 10 nitrogen and oxygen atoms in total. The first-order valence-corrected chi connectivity index (χ1v) is 8.72. The lowest BCUT2D eigenvalue weighted by atomic mass is 10.2. The lowest BCUT2D eigenvalue weighted by Gasteiger charge is -2.36. The van der Waals surface area contributed by atoms with Gasteiger partial charge < -0.3 is 19.9 Å². The Hall–Kier alpha value is -3.69. The number of amides is 2. The van der Waals surface area contributed by atoms with Gasteiger partial charge in [-0.3, -0.25) is 14.6 Å². The van der Waals surface area contributed by atoms with Gasteiger partial charge in [-0.2, -0.15) is 0 Å². The molecule has 1 N–H and O–H groups in total. The number of aromatic nitrogens is 3. The van der Waals surface area contributed by atoms with Crippen LogP contribution in [-0.2, 0) is 9.59 Å². The molecule has 2 amide bonds. The van der Waals surface area contributed by atoms with Crippen LogP contribution in [0.15, 0.2) is 41.3 Å². The number of benzene rings is 1. The van der Waals surface area contributed by atoms with Crippen molar-refractivity contribution in [2.75, 3.05) is 43.5 Å². The summed E-state index contributed by atoms with van der Waals surface area (Å²) in [5, 5.41) is 10.1. The Morgan fingerprint density at radius 2 is 1.96 bits per heavy atom. The van der Waals surface area contributed by atoms with Crippen molar-refractivity contribution in [2.24, 2.45) is 0 Å². The maximum atomic E-state index is 12.5. The molecule has 1 fully saturated rings. The predicted molar refractivity (Wildman–Crippen MR) is 100 cm³/mol. The van der Waals surface area contributed by atoms with E-state index in [0.717, 1.165) is 5.69 Å². The number of piperazine rings is 1. The third-order valence-electron chi connectivity index (χ3n) is 4.62. The summed E-state index contributed by atoms with van der Waals surface area (Å²) < 4.78 is 10.0. The van der Waals surface area contributed by atoms with Gasteiger partial charge in [0, 0.05) is 32.4 Å². The van der Waals surface area contributed by atoms with Crippen LogP contribution in [0.2, 0.25) is 0 Å². The maximum absolute atomic E-state index is 12.5. The van der Waals surface area contributed by atoms with E-state index in [9.17, 15) is 9.59 Å². The first-order chi connectivity index (χ1) is 13.7. The van der Waals surface area contributed by atoms with Gasteiger partial charge in [-0.15, -0.1) is 0 Å². The zero-order valence-electron chi connectivity index (χ0n) is 15.2. The van der Waals surface area contributed by atoms with E-state index in [4.69, 9.17) is 4.74 Å². The number of anilines is 2. The van der Waals surface area contributed by atoms with Gasteiger partial charge in [0.2, 0.25) is 0 Å². The molecule has 1 aliphatic heterocycles. The molecule has 0 saturated carbocycles. The Morgan fingerprint density at radius 1 is 1.14 bits per heavy atom. The lowest BCUT2D eigenvalue weighted by Crippen LogP contribution is -2.51. The number of carbonyl (C=O) groups is 2. The molecule has 1 aromatic carbocycles. The molecule has 2 aromatic heterocycles. The Bertz CT molecular complexity index is 1010. The number of nitrogens with zero attached hydrogens (tertiary/aromatic N) is 5. The van der Waals surface area contributed by atoms with Crippen LogP contribution < -0.4 is 15.0 Å². The van der Waals surface area contributed by atoms with Crippen molar-refractivity contribution in [1.82, 2.24) is 20.2 Å². The summed E-state index contributed by atoms with van der Waals surface area (Å²) >= 11 is 0. The molecule has 0 spiro atoms. The summed E-state index contributed by atoms with van der Waals surface area (Å²) in [5.41, 5.74) is 2.21. The van der Waals surface area contributed by atoms with Crippen LogP contribution in [0.3, 0.4) is 0 Å². The van der Waals surface area contributed by atoms with Gasteiger partial charge in [0.1, 0.15) is 5.52 Å². The minimum absolute atomic E-state index is 0.386. The number of hydrogen-bond acceptors (Lipinski definition) is 8. The van der Waals surface area contributed by atoms with Crippen LogP contribution in [0, 0.1) is 0 Å². The highest BCUT2D eigenvalue weighted by atomic mass is 16.6. The number of carbonyl (C=O) groups excluding carboxylic acids is 2. The van der Waals surface area contributed by atoms with Crippen molar-refractivity contribution >= 4 is 34.2 Å². The number of nitrogens with one attached hydrogen (secondary N) is 1. The van der Waals surface area contributed by atoms with Crippen LogP contribution >= 0.6 is 0 Å². The Labute approximate surface area is 160 Å². The summed E-state index contributed by atoms with van der Waals surface area (Å²) in [6, 6.07) is 6.92. The first kappa shape index (κ1) is 17.7. The third kappa shape index (κ3) is 3.31. The van der Waals surface area contributed by atoms with E-state index >= 15 is 0 Å². The van der Waals surface area contributed by atoms with Crippen molar-refractivity contribution in [3.05, 3.63) is 36.7 Å². The standard InChI is InChI=1S/C18H18N6O4/c1-27-15-11-19-6-5-14(15)23-7-9-24(10-8-23)18(26)17(25)20-12-3-2-4-13-16(12)22-28-21-13/h2-6,11H,7-10H2,1H3,(H,20,25). The largest absolute Gasteiger partial charge is 0.493 e. The molecule has 1 aliphatic rings. The van der Waals surface area contributed by atoms with E-state index in [-0.39, 0.29) is 0 Å². The van der Waals surface area contributed by atoms with Gasteiger partial charge >= 0.3 is 11.8 Å². The Kier molecular flexibility index (Phi) is 4.75. The summed E-state index contributed by atoms with van der Waals surface area (Å²) in [4.78, 5) is 32.6. The summed E-state index contributed by atoms with van der Waals surface area (Å²) in [5.74, 6) is -0.630. The molecular formula is C18H18N6O4. The number of fused-ring (bicyclic) bond motifs is 1. The van der Waals surface area contributed by atoms with E-state index in [2.05, 4.69) is 30.1 Å². The van der Waals surface area contributed by atoms with Crippen molar-refractivity contribution in [3.63, 3.8) is 0 Å². The van der Waals surface area contributed by atoms with Crippen LogP contribution in [0.25, 0.3) is 11.0 Å². The molecule has 10 heteroatoms. The molecule has 144 valence electrons. The third-order valence-corrected chi connectivity index (χ3v) is 4.62. The monoisotopic (exact) mass is 382 g/mol. The summed E-state index contributed by atoms with van der Waals surface area (Å²) in [6.45, 7) is 2.02. The van der Waals surface area contributed by atoms with Gasteiger partial charge in [0.25, 0.3) is 0 Å². The van der Waals surface area contributed by atoms with Crippen LogP contribution in [-0.4, -0.2) is 65.3 Å². The molecule has 0 unspecified atom stereocenters. The van der Waals surface area contributed by atoms with Crippen LogP contribution in [0.1, 0.15) is 0 Å². The zero-order chi connectivity index (χ0) is 19.5. The van der Waals surface area contributed by atoms with Gasteiger partial charge in [-0.25, -0.2) is 4.63 Å². The minimum Gasteiger partial charge on any atom is -0.493 e. The molecule has 1 saturated heterocycles. The maximum Gasteiger partial charge on any atom is 0.313 e. The average molecular weight is 382 g/mol. The highest BCUT2D eigenvalue weighted by Crippen LogP contribution is 2.27. The Morgan fingerprint density at radius 3 is 2.75 bits per heavy atom. The molecule has 0 radical (unpaired) electrons. The molecule has 0 aliphatic carbocycles.